The van der Waals surface area contributed by atoms with Gasteiger partial charge in [-0.2, -0.15) is 14.8 Å². The van der Waals surface area contributed by atoms with Gasteiger partial charge in [-0.1, -0.05) is 0 Å². The summed E-state index contributed by atoms with van der Waals surface area (Å²) in [5.41, 5.74) is 7.84. The van der Waals surface area contributed by atoms with Gasteiger partial charge in [-0.3, -0.25) is 4.79 Å². The van der Waals surface area contributed by atoms with Crippen LogP contribution in [-0.4, -0.2) is 27.7 Å². The van der Waals surface area contributed by atoms with E-state index in [2.05, 4.69) is 15.4 Å². The number of benzene rings is 1. The quantitative estimate of drug-likeness (QED) is 0.666. The average molecular weight is 257 g/mol. The van der Waals surface area contributed by atoms with Crippen LogP contribution in [0.3, 0.4) is 0 Å². The van der Waals surface area contributed by atoms with E-state index < -0.39 is 0 Å². The zero-order chi connectivity index (χ0) is 13.4. The monoisotopic (exact) mass is 257 g/mol. The van der Waals surface area contributed by atoms with Crippen LogP contribution in [0.5, 0.6) is 0 Å². The molecule has 0 fully saturated rings. The lowest BCUT2D eigenvalue weighted by atomic mass is 10.3. The van der Waals surface area contributed by atoms with Gasteiger partial charge in [0.05, 0.1) is 0 Å². The van der Waals surface area contributed by atoms with Gasteiger partial charge < -0.3 is 15.5 Å². The number of nitrogen functional groups attached to an aromatic ring is 1. The smallest absolute Gasteiger partial charge is 0.323 e. The number of anilines is 1. The van der Waals surface area contributed by atoms with Crippen molar-refractivity contribution in [2.75, 3.05) is 12.8 Å². The minimum absolute atomic E-state index is 0.265. The van der Waals surface area contributed by atoms with Crippen LogP contribution in [-0.2, 0) is 0 Å². The molecule has 1 amide bonds. The van der Waals surface area contributed by atoms with Crippen LogP contribution in [0.4, 0.5) is 5.69 Å². The predicted octanol–water partition coefficient (Wildman–Crippen LogP) is 0.955. The summed E-state index contributed by atoms with van der Waals surface area (Å²) in [6.07, 6.45) is 1.61. The maximum absolute atomic E-state index is 11.4. The molecule has 0 atom stereocenters. The molecule has 2 heterocycles. The van der Waals surface area contributed by atoms with E-state index in [1.165, 1.54) is 4.68 Å². The molecule has 3 aromatic rings. The molecule has 0 aliphatic heterocycles. The minimum Gasteiger partial charge on any atom is -0.422 e. The molecular weight excluding hydrogens is 246 g/mol. The number of hydrogen-bond acceptors (Lipinski definition) is 5. The fourth-order valence-corrected chi connectivity index (χ4v) is 1.71. The van der Waals surface area contributed by atoms with Crippen molar-refractivity contribution < 1.29 is 9.21 Å². The van der Waals surface area contributed by atoms with Crippen LogP contribution in [0.2, 0.25) is 0 Å². The summed E-state index contributed by atoms with van der Waals surface area (Å²) < 4.78 is 6.94. The summed E-state index contributed by atoms with van der Waals surface area (Å²) in [5.74, 6) is -0.265. The number of aromatic nitrogens is 3. The lowest BCUT2D eigenvalue weighted by Crippen LogP contribution is -2.18. The highest BCUT2D eigenvalue weighted by atomic mass is 16.4. The van der Waals surface area contributed by atoms with Crippen molar-refractivity contribution in [3.63, 3.8) is 0 Å². The number of fused-ring (bicyclic) bond motifs is 1. The molecule has 3 rings (SSSR count). The molecule has 0 aliphatic carbocycles. The second kappa shape index (κ2) is 4.13. The Morgan fingerprint density at radius 2 is 2.26 bits per heavy atom. The van der Waals surface area contributed by atoms with Gasteiger partial charge in [0.1, 0.15) is 5.52 Å². The zero-order valence-electron chi connectivity index (χ0n) is 10.1. The Balaban J connectivity index is 2.04. The van der Waals surface area contributed by atoms with E-state index in [9.17, 15) is 4.79 Å². The number of amides is 1. The molecule has 7 nitrogen and oxygen atoms in total. The van der Waals surface area contributed by atoms with E-state index in [0.29, 0.717) is 22.5 Å². The SMILES string of the molecule is CNC(=O)c1ccn(-c2nc3cc(N)ccc3o2)n1. The first-order chi connectivity index (χ1) is 9.17. The van der Waals surface area contributed by atoms with Crippen LogP contribution >= 0.6 is 0 Å². The van der Waals surface area contributed by atoms with Gasteiger partial charge in [0.15, 0.2) is 11.3 Å². The van der Waals surface area contributed by atoms with Crippen LogP contribution in [0.1, 0.15) is 10.5 Å². The van der Waals surface area contributed by atoms with Crippen LogP contribution < -0.4 is 11.1 Å². The molecule has 1 aromatic carbocycles. The maximum atomic E-state index is 11.4. The summed E-state index contributed by atoms with van der Waals surface area (Å²) in [6.45, 7) is 0. The molecule has 3 N–H and O–H groups in total. The van der Waals surface area contributed by atoms with Crippen LogP contribution in [0.15, 0.2) is 34.9 Å². The van der Waals surface area contributed by atoms with Gasteiger partial charge in [-0.15, -0.1) is 0 Å². The standard InChI is InChI=1S/C12H11N5O2/c1-14-11(18)8-4-5-17(16-8)12-15-9-6-7(13)2-3-10(9)19-12/h2-6H,13H2,1H3,(H,14,18). The molecule has 0 aliphatic rings. The molecule has 2 aromatic heterocycles. The van der Waals surface area contributed by atoms with Gasteiger partial charge in [0, 0.05) is 18.9 Å². The van der Waals surface area contributed by atoms with Gasteiger partial charge in [-0.25, -0.2) is 0 Å². The van der Waals surface area contributed by atoms with E-state index in [-0.39, 0.29) is 11.9 Å². The summed E-state index contributed by atoms with van der Waals surface area (Å²) in [5, 5.41) is 6.58. The predicted molar refractivity (Wildman–Crippen MR) is 68.9 cm³/mol. The lowest BCUT2D eigenvalue weighted by molar-refractivity contribution is 0.0957. The summed E-state index contributed by atoms with van der Waals surface area (Å²) in [4.78, 5) is 15.7. The largest absolute Gasteiger partial charge is 0.422 e. The molecule has 0 saturated heterocycles. The summed E-state index contributed by atoms with van der Waals surface area (Å²) in [6, 6.07) is 7.06. The molecule has 0 unspecified atom stereocenters. The first-order valence-electron chi connectivity index (χ1n) is 5.61. The Kier molecular flexibility index (Phi) is 2.45. The summed E-state index contributed by atoms with van der Waals surface area (Å²) >= 11 is 0. The van der Waals surface area contributed by atoms with Crippen molar-refractivity contribution in [1.29, 1.82) is 0 Å². The second-order valence-electron chi connectivity index (χ2n) is 3.95. The Morgan fingerprint density at radius 3 is 3.05 bits per heavy atom. The fraction of sp³-hybridized carbons (Fsp3) is 0.0833. The normalized spacial score (nSPS) is 10.8. The number of carbonyl (C=O) groups excluding carboxylic acids is 1. The third-order valence-electron chi connectivity index (χ3n) is 2.65. The van der Waals surface area contributed by atoms with Crippen molar-refractivity contribution in [3.8, 4) is 6.01 Å². The number of nitrogens with one attached hydrogen (secondary N) is 1. The highest BCUT2D eigenvalue weighted by Crippen LogP contribution is 2.20. The molecule has 0 radical (unpaired) electrons. The highest BCUT2D eigenvalue weighted by molar-refractivity contribution is 5.91. The molecule has 0 saturated carbocycles. The number of rotatable bonds is 2. The maximum Gasteiger partial charge on any atom is 0.323 e. The third kappa shape index (κ3) is 1.90. The van der Waals surface area contributed by atoms with Gasteiger partial charge in [0.25, 0.3) is 5.91 Å². The van der Waals surface area contributed by atoms with Crippen molar-refractivity contribution >= 4 is 22.7 Å². The Bertz CT molecular complexity index is 758. The Morgan fingerprint density at radius 1 is 1.42 bits per heavy atom. The van der Waals surface area contributed by atoms with E-state index in [4.69, 9.17) is 10.2 Å². The van der Waals surface area contributed by atoms with E-state index in [0.717, 1.165) is 0 Å². The lowest BCUT2D eigenvalue weighted by Gasteiger charge is -1.93. The minimum atomic E-state index is -0.265. The van der Waals surface area contributed by atoms with Crippen molar-refractivity contribution in [2.45, 2.75) is 0 Å². The number of oxazole rings is 1. The number of hydrogen-bond donors (Lipinski definition) is 2. The molecule has 7 heteroatoms. The Labute approximate surface area is 108 Å². The second-order valence-corrected chi connectivity index (χ2v) is 3.95. The molecule has 0 spiro atoms. The first kappa shape index (κ1) is 11.3. The molecule has 0 bridgehead atoms. The van der Waals surface area contributed by atoms with E-state index in [1.807, 2.05) is 0 Å². The van der Waals surface area contributed by atoms with E-state index in [1.54, 1.807) is 37.5 Å². The van der Waals surface area contributed by atoms with Crippen molar-refractivity contribution in [2.24, 2.45) is 0 Å². The molecule has 19 heavy (non-hydrogen) atoms. The number of carbonyl (C=O) groups is 1. The molecular formula is C12H11N5O2. The van der Waals surface area contributed by atoms with Crippen LogP contribution in [0, 0.1) is 0 Å². The van der Waals surface area contributed by atoms with Crippen LogP contribution in [0.25, 0.3) is 17.1 Å². The highest BCUT2D eigenvalue weighted by Gasteiger charge is 2.12. The van der Waals surface area contributed by atoms with Crippen molar-refractivity contribution in [3.05, 3.63) is 36.2 Å². The first-order valence-corrected chi connectivity index (χ1v) is 5.61. The fourth-order valence-electron chi connectivity index (χ4n) is 1.71. The summed E-state index contributed by atoms with van der Waals surface area (Å²) in [7, 11) is 1.55. The Hall–Kier alpha value is -2.83. The number of nitrogens with zero attached hydrogens (tertiary/aromatic N) is 3. The number of nitrogens with two attached hydrogens (primary N) is 1. The zero-order valence-corrected chi connectivity index (χ0v) is 10.1. The van der Waals surface area contributed by atoms with Gasteiger partial charge >= 0.3 is 6.01 Å². The van der Waals surface area contributed by atoms with E-state index >= 15 is 0 Å². The van der Waals surface area contributed by atoms with Crippen molar-refractivity contribution in [1.82, 2.24) is 20.1 Å². The topological polar surface area (TPSA) is 99.0 Å². The van der Waals surface area contributed by atoms with Gasteiger partial charge in [-0.05, 0) is 24.3 Å². The average Bonchev–Trinajstić information content (AvgIpc) is 3.03. The molecule has 96 valence electrons. The van der Waals surface area contributed by atoms with Gasteiger partial charge in [0.2, 0.25) is 0 Å². The third-order valence-corrected chi connectivity index (χ3v) is 2.65.